The molecular formula is C27H36FN2O7P. The Morgan fingerprint density at radius 2 is 1.95 bits per heavy atom. The fourth-order valence-corrected chi connectivity index (χ4v) is 7.65. The van der Waals surface area contributed by atoms with Gasteiger partial charge in [0.25, 0.3) is 0 Å². The number of piperidine rings is 1. The minimum Gasteiger partial charge on any atom is -0.493 e. The van der Waals surface area contributed by atoms with Crippen molar-refractivity contribution < 1.29 is 37.8 Å². The maximum absolute atomic E-state index is 14.3. The van der Waals surface area contributed by atoms with Gasteiger partial charge in [-0.05, 0) is 55.0 Å². The number of nitrogens with one attached hydrogen (secondary N) is 1. The van der Waals surface area contributed by atoms with Gasteiger partial charge in [-0.1, -0.05) is 26.0 Å². The number of ether oxygens (including phenoxy) is 4. The predicted molar refractivity (Wildman–Crippen MR) is 140 cm³/mol. The van der Waals surface area contributed by atoms with Crippen LogP contribution in [-0.2, 0) is 14.1 Å². The Labute approximate surface area is 222 Å². The molecule has 0 aliphatic carbocycles. The maximum Gasteiger partial charge on any atom is 0.324 e. The molecule has 1 saturated heterocycles. The van der Waals surface area contributed by atoms with Gasteiger partial charge in [-0.3, -0.25) is 9.36 Å². The van der Waals surface area contributed by atoms with Crippen LogP contribution in [0.2, 0.25) is 0 Å². The molecule has 0 amide bonds. The molecule has 2 heterocycles. The lowest BCUT2D eigenvalue weighted by Crippen LogP contribution is -2.55. The van der Waals surface area contributed by atoms with E-state index in [0.717, 1.165) is 5.56 Å². The molecule has 2 unspecified atom stereocenters. The third-order valence-electron chi connectivity index (χ3n) is 7.59. The Bertz CT molecular complexity index is 1180. The topological polar surface area (TPSA) is 107 Å². The van der Waals surface area contributed by atoms with Crippen molar-refractivity contribution in [1.29, 1.82) is 0 Å². The fraction of sp³-hybridized carbons (Fsp3) is 0.519. The van der Waals surface area contributed by atoms with Crippen molar-refractivity contribution >= 4 is 13.4 Å². The average Bonchev–Trinajstić information content (AvgIpc) is 3.36. The Balaban J connectivity index is 1.59. The first kappa shape index (κ1) is 28.4. The number of carbonyl (C=O) groups is 1. The molecule has 11 heteroatoms. The second-order valence-corrected chi connectivity index (χ2v) is 12.8. The summed E-state index contributed by atoms with van der Waals surface area (Å²) in [6.45, 7) is 6.38. The van der Waals surface area contributed by atoms with Gasteiger partial charge in [-0.25, -0.2) is 14.1 Å². The molecule has 0 spiro atoms. The quantitative estimate of drug-likeness (QED) is 0.377. The van der Waals surface area contributed by atoms with Crippen molar-refractivity contribution in [3.8, 4) is 17.2 Å². The summed E-state index contributed by atoms with van der Waals surface area (Å²) in [6, 6.07) is 11.8. The van der Waals surface area contributed by atoms with E-state index in [9.17, 15) is 18.9 Å². The van der Waals surface area contributed by atoms with E-state index in [2.05, 4.69) is 5.09 Å². The zero-order valence-electron chi connectivity index (χ0n) is 22.2. The molecule has 0 radical (unpaired) electrons. The SMILES string of the molecule is COCP(=O)(NC(C)(C(=O)O)C(C)C)N1CC[C@@H](c2ccc(F)cc2)[C@H](COc2ccc3c(c2)OCO3)C1. The molecule has 4 atom stereocenters. The van der Waals surface area contributed by atoms with Crippen molar-refractivity contribution in [3.05, 3.63) is 53.8 Å². The summed E-state index contributed by atoms with van der Waals surface area (Å²) in [4.78, 5) is 12.2. The van der Waals surface area contributed by atoms with Crippen LogP contribution >= 0.6 is 7.44 Å². The molecular weight excluding hydrogens is 514 g/mol. The Kier molecular flexibility index (Phi) is 8.67. The van der Waals surface area contributed by atoms with Crippen molar-refractivity contribution in [3.63, 3.8) is 0 Å². The van der Waals surface area contributed by atoms with Crippen LogP contribution in [-0.4, -0.2) is 61.2 Å². The zero-order chi connectivity index (χ0) is 27.5. The first-order valence-electron chi connectivity index (χ1n) is 12.7. The van der Waals surface area contributed by atoms with E-state index in [1.54, 1.807) is 51.1 Å². The maximum atomic E-state index is 14.3. The number of rotatable bonds is 11. The fourth-order valence-electron chi connectivity index (χ4n) is 4.94. The number of hydrogen-bond acceptors (Lipinski definition) is 6. The van der Waals surface area contributed by atoms with Crippen LogP contribution in [0.1, 0.15) is 38.7 Å². The lowest BCUT2D eigenvalue weighted by molar-refractivity contribution is -0.145. The number of nitrogens with zero attached hydrogens (tertiary/aromatic N) is 1. The van der Waals surface area contributed by atoms with Crippen LogP contribution in [0.25, 0.3) is 0 Å². The zero-order valence-corrected chi connectivity index (χ0v) is 23.1. The molecule has 0 bridgehead atoms. The molecule has 2 aliphatic rings. The monoisotopic (exact) mass is 550 g/mol. The van der Waals surface area contributed by atoms with E-state index in [1.165, 1.54) is 19.2 Å². The van der Waals surface area contributed by atoms with Gasteiger partial charge in [0.1, 0.15) is 23.5 Å². The highest BCUT2D eigenvalue weighted by molar-refractivity contribution is 7.59. The molecule has 2 N–H and O–H groups in total. The first-order valence-corrected chi connectivity index (χ1v) is 14.5. The molecule has 0 aromatic heterocycles. The van der Waals surface area contributed by atoms with Crippen LogP contribution < -0.4 is 19.3 Å². The van der Waals surface area contributed by atoms with Crippen molar-refractivity contribution in [2.75, 3.05) is 39.9 Å². The number of hydrogen-bond donors (Lipinski definition) is 2. The summed E-state index contributed by atoms with van der Waals surface area (Å²) in [5, 5.41) is 13.0. The minimum absolute atomic E-state index is 0.0211. The van der Waals surface area contributed by atoms with Gasteiger partial charge in [-0.15, -0.1) is 0 Å². The van der Waals surface area contributed by atoms with E-state index in [-0.39, 0.29) is 36.7 Å². The highest BCUT2D eigenvalue weighted by atomic mass is 31.2. The molecule has 2 aromatic carbocycles. The number of carboxylic acid groups (broad SMARTS) is 1. The van der Waals surface area contributed by atoms with E-state index in [0.29, 0.717) is 43.4 Å². The van der Waals surface area contributed by atoms with E-state index >= 15 is 0 Å². The van der Waals surface area contributed by atoms with Gasteiger partial charge in [0.05, 0.1) is 6.61 Å². The molecule has 9 nitrogen and oxygen atoms in total. The lowest BCUT2D eigenvalue weighted by atomic mass is 9.81. The van der Waals surface area contributed by atoms with Crippen molar-refractivity contribution in [2.45, 2.75) is 38.6 Å². The average molecular weight is 551 g/mol. The van der Waals surface area contributed by atoms with Crippen LogP contribution in [0.5, 0.6) is 17.2 Å². The van der Waals surface area contributed by atoms with Gasteiger partial charge in [0, 0.05) is 32.2 Å². The van der Waals surface area contributed by atoms with Crippen LogP contribution in [0.3, 0.4) is 0 Å². The molecule has 0 saturated carbocycles. The molecule has 38 heavy (non-hydrogen) atoms. The van der Waals surface area contributed by atoms with E-state index in [4.69, 9.17) is 18.9 Å². The summed E-state index contributed by atoms with van der Waals surface area (Å²) in [6.07, 6.45) is 0.487. The molecule has 2 aliphatic heterocycles. The van der Waals surface area contributed by atoms with Crippen LogP contribution in [0.15, 0.2) is 42.5 Å². The summed E-state index contributed by atoms with van der Waals surface area (Å²) in [5.74, 6) is 0.0618. The third kappa shape index (κ3) is 5.99. The second kappa shape index (κ2) is 11.6. The van der Waals surface area contributed by atoms with Crippen LogP contribution in [0, 0.1) is 17.7 Å². The van der Waals surface area contributed by atoms with Gasteiger partial charge in [0.15, 0.2) is 11.5 Å². The summed E-state index contributed by atoms with van der Waals surface area (Å²) in [7, 11) is -2.01. The smallest absolute Gasteiger partial charge is 0.324 e. The minimum atomic E-state index is -3.47. The van der Waals surface area contributed by atoms with Gasteiger partial charge in [-0.2, -0.15) is 0 Å². The van der Waals surface area contributed by atoms with Gasteiger partial charge < -0.3 is 24.1 Å². The van der Waals surface area contributed by atoms with Gasteiger partial charge >= 0.3 is 5.97 Å². The third-order valence-corrected chi connectivity index (χ3v) is 10.3. The Hall–Kier alpha value is -2.65. The number of carboxylic acids is 1. The number of fused-ring (bicyclic) bond motifs is 1. The Morgan fingerprint density at radius 3 is 2.61 bits per heavy atom. The summed E-state index contributed by atoms with van der Waals surface area (Å²) < 4.78 is 52.1. The number of aliphatic carboxylic acids is 1. The number of methoxy groups -OCH3 is 1. The Morgan fingerprint density at radius 1 is 1.24 bits per heavy atom. The normalized spacial score (nSPS) is 22.6. The molecule has 2 aromatic rings. The number of halogens is 1. The van der Waals surface area contributed by atoms with E-state index < -0.39 is 19.0 Å². The second-order valence-electron chi connectivity index (χ2n) is 10.3. The highest BCUT2D eigenvalue weighted by Gasteiger charge is 2.47. The van der Waals surface area contributed by atoms with E-state index in [1.807, 2.05) is 4.67 Å². The number of benzene rings is 2. The standard InChI is InChI=1S/C27H36FN2O7P/c1-18(2)27(3,26(31)32)29-38(33,17-34-4)30-12-11-23(19-5-7-21(28)8-6-19)20(14-30)15-35-22-9-10-24-25(13-22)37-16-36-24/h5-10,13,18,20,23H,11-12,14-17H2,1-4H3,(H,29,33)(H,31,32)/t20-,23-,27?,38?/m0/s1. The molecule has 208 valence electrons. The van der Waals surface area contributed by atoms with Crippen molar-refractivity contribution in [1.82, 2.24) is 9.76 Å². The molecule has 1 fully saturated rings. The van der Waals surface area contributed by atoms with Crippen LogP contribution in [0.4, 0.5) is 4.39 Å². The summed E-state index contributed by atoms with van der Waals surface area (Å²) in [5.41, 5.74) is -0.446. The van der Waals surface area contributed by atoms with Crippen molar-refractivity contribution in [2.24, 2.45) is 11.8 Å². The largest absolute Gasteiger partial charge is 0.493 e. The first-order chi connectivity index (χ1) is 18.1. The van der Waals surface area contributed by atoms with Gasteiger partial charge in [0.2, 0.25) is 14.2 Å². The highest BCUT2D eigenvalue weighted by Crippen LogP contribution is 2.52. The summed E-state index contributed by atoms with van der Waals surface area (Å²) >= 11 is 0. The lowest BCUT2D eigenvalue weighted by Gasteiger charge is -2.44. The predicted octanol–water partition coefficient (Wildman–Crippen LogP) is 4.92. The molecule has 4 rings (SSSR count).